The Morgan fingerprint density at radius 1 is 1.21 bits per heavy atom. The zero-order valence-electron chi connectivity index (χ0n) is 23.5. The average molecular weight is 542 g/mol. The number of esters is 1. The zero-order chi connectivity index (χ0) is 29.1. The molecule has 212 valence electrons. The van der Waals surface area contributed by atoms with Crippen LogP contribution in [-0.4, -0.2) is 80.0 Å². The Balaban J connectivity index is 2.41. The van der Waals surface area contributed by atoms with Crippen LogP contribution in [-0.2, 0) is 33.4 Å². The Morgan fingerprint density at radius 2 is 1.85 bits per heavy atom. The number of fused-ring (bicyclic) bond motifs is 2. The number of hydrogen-bond donors (Lipinski definition) is 1. The van der Waals surface area contributed by atoms with E-state index in [9.17, 15) is 24.3 Å². The summed E-state index contributed by atoms with van der Waals surface area (Å²) in [6.07, 6.45) is 4.55. The fraction of sp³-hybridized carbons (Fsp3) is 0.533. The molecular formula is C30H39NO8. The number of Topliss-reactive ketones (excluding diaryl/α,β-unsaturated/α-hetero) is 2. The van der Waals surface area contributed by atoms with Crippen molar-refractivity contribution in [2.45, 2.75) is 52.2 Å². The maximum absolute atomic E-state index is 14.0. The zero-order valence-corrected chi connectivity index (χ0v) is 23.5. The van der Waals surface area contributed by atoms with Gasteiger partial charge in [-0.1, -0.05) is 19.1 Å². The van der Waals surface area contributed by atoms with Crippen LogP contribution in [0.3, 0.4) is 0 Å². The Hall–Kier alpha value is -3.30. The van der Waals surface area contributed by atoms with Gasteiger partial charge in [-0.25, -0.2) is 0 Å². The highest BCUT2D eigenvalue weighted by Gasteiger charge is 2.62. The van der Waals surface area contributed by atoms with Gasteiger partial charge in [0.05, 0.1) is 18.1 Å². The minimum absolute atomic E-state index is 0.0156. The van der Waals surface area contributed by atoms with Crippen molar-refractivity contribution >= 4 is 23.8 Å². The summed E-state index contributed by atoms with van der Waals surface area (Å²) in [4.78, 5) is 53.8. The molecule has 1 fully saturated rings. The van der Waals surface area contributed by atoms with Gasteiger partial charge in [-0.2, -0.15) is 0 Å². The summed E-state index contributed by atoms with van der Waals surface area (Å²) in [7, 11) is 2.96. The van der Waals surface area contributed by atoms with Gasteiger partial charge in [-0.3, -0.25) is 19.2 Å². The van der Waals surface area contributed by atoms with Gasteiger partial charge in [0.1, 0.15) is 11.9 Å². The molecule has 0 bridgehead atoms. The molecule has 0 heterocycles. The molecule has 3 rings (SSSR count). The van der Waals surface area contributed by atoms with Crippen molar-refractivity contribution in [3.05, 3.63) is 59.6 Å². The summed E-state index contributed by atoms with van der Waals surface area (Å²) < 4.78 is 17.2. The Morgan fingerprint density at radius 3 is 2.36 bits per heavy atom. The molecule has 5 atom stereocenters. The number of nitrogens with zero attached hydrogens (tertiary/aromatic N) is 1. The van der Waals surface area contributed by atoms with Crippen LogP contribution in [0.25, 0.3) is 0 Å². The van der Waals surface area contributed by atoms with Gasteiger partial charge in [-0.05, 0) is 18.9 Å². The smallest absolute Gasteiger partial charge is 0.303 e. The number of hydrogen-bond acceptors (Lipinski definition) is 9. The van der Waals surface area contributed by atoms with Gasteiger partial charge in [0.2, 0.25) is 5.78 Å². The molecule has 0 aromatic heterocycles. The molecule has 0 saturated heterocycles. The van der Waals surface area contributed by atoms with Gasteiger partial charge >= 0.3 is 5.97 Å². The number of methoxy groups -OCH3 is 2. The van der Waals surface area contributed by atoms with E-state index in [2.05, 4.69) is 13.2 Å². The van der Waals surface area contributed by atoms with E-state index in [1.54, 1.807) is 37.1 Å². The van der Waals surface area contributed by atoms with Crippen LogP contribution in [0.15, 0.2) is 59.6 Å². The molecule has 3 aliphatic rings. The van der Waals surface area contributed by atoms with Crippen molar-refractivity contribution in [2.24, 2.45) is 16.7 Å². The van der Waals surface area contributed by atoms with Crippen LogP contribution in [0.5, 0.6) is 0 Å². The van der Waals surface area contributed by atoms with Crippen molar-refractivity contribution < 1.29 is 38.5 Å². The topological polar surface area (TPSA) is 119 Å². The summed E-state index contributed by atoms with van der Waals surface area (Å²) in [6.45, 7) is 13.1. The lowest BCUT2D eigenvalue weighted by Gasteiger charge is -2.51. The van der Waals surface area contributed by atoms with Crippen molar-refractivity contribution in [1.82, 2.24) is 4.90 Å². The molecule has 0 amide bonds. The van der Waals surface area contributed by atoms with Crippen LogP contribution < -0.4 is 0 Å². The summed E-state index contributed by atoms with van der Waals surface area (Å²) >= 11 is 0. The predicted molar refractivity (Wildman–Crippen MR) is 145 cm³/mol. The summed E-state index contributed by atoms with van der Waals surface area (Å²) in [5, 5.41) is 11.6. The Bertz CT molecular complexity index is 1150. The molecule has 39 heavy (non-hydrogen) atoms. The van der Waals surface area contributed by atoms with Gasteiger partial charge < -0.3 is 24.2 Å². The minimum atomic E-state index is -1.34. The quantitative estimate of drug-likeness (QED) is 0.172. The van der Waals surface area contributed by atoms with E-state index in [1.165, 1.54) is 21.1 Å². The number of allylic oxidation sites excluding steroid dienone is 2. The molecule has 3 aliphatic carbocycles. The third-order valence-corrected chi connectivity index (χ3v) is 8.43. The number of rotatable bonds is 12. The van der Waals surface area contributed by atoms with E-state index in [0.29, 0.717) is 31.4 Å². The third kappa shape index (κ3) is 5.05. The van der Waals surface area contributed by atoms with Crippen LogP contribution in [0, 0.1) is 16.7 Å². The molecule has 9 heteroatoms. The first-order valence-electron chi connectivity index (χ1n) is 13.0. The number of ketones is 2. The molecule has 0 spiro atoms. The molecule has 0 aromatic rings. The van der Waals surface area contributed by atoms with E-state index < -0.39 is 46.5 Å². The first kappa shape index (κ1) is 30.2. The third-order valence-electron chi connectivity index (χ3n) is 8.43. The lowest BCUT2D eigenvalue weighted by Crippen LogP contribution is -2.54. The maximum atomic E-state index is 14.0. The average Bonchev–Trinajstić information content (AvgIpc) is 3.17. The van der Waals surface area contributed by atoms with E-state index in [-0.39, 0.29) is 42.0 Å². The van der Waals surface area contributed by atoms with Gasteiger partial charge in [0.15, 0.2) is 12.0 Å². The van der Waals surface area contributed by atoms with Gasteiger partial charge in [0.25, 0.3) is 0 Å². The second kappa shape index (κ2) is 11.8. The molecule has 0 aliphatic heterocycles. The molecule has 9 nitrogen and oxygen atoms in total. The van der Waals surface area contributed by atoms with Crippen LogP contribution in [0.2, 0.25) is 0 Å². The number of carbonyl (C=O) groups is 4. The van der Waals surface area contributed by atoms with Gasteiger partial charge in [0, 0.05) is 81.3 Å². The molecule has 1 saturated carbocycles. The largest absolute Gasteiger partial charge is 0.504 e. The fourth-order valence-electron chi connectivity index (χ4n) is 6.71. The summed E-state index contributed by atoms with van der Waals surface area (Å²) in [6, 6.07) is 0. The predicted octanol–water partition coefficient (Wildman–Crippen LogP) is 3.42. The lowest BCUT2D eigenvalue weighted by atomic mass is 9.54. The molecule has 1 N–H and O–H groups in total. The standard InChI is InChI=1S/C30H39NO8/c1-8-12-31(13-9-2)15-19(16-32)25-28(36)27(35)24-20-10-11-22(34)29(20,4)14-21(39-18(3)33)26(24)30(25,5)23(38-7)17-37-6/h8-9,15-16,20-21,23,36H,1-2,10-14,17H2,3-7H3/b19-15-/t20?,21?,23?,29-,30-/m0/s1. The highest BCUT2D eigenvalue weighted by atomic mass is 16.5. The van der Waals surface area contributed by atoms with E-state index in [0.717, 1.165) is 0 Å². The number of aliphatic hydroxyl groups excluding tert-OH is 1. The lowest BCUT2D eigenvalue weighted by molar-refractivity contribution is -0.150. The highest BCUT2D eigenvalue weighted by Crippen LogP contribution is 2.61. The van der Waals surface area contributed by atoms with E-state index in [1.807, 2.05) is 0 Å². The molecular weight excluding hydrogens is 502 g/mol. The molecule has 0 radical (unpaired) electrons. The number of aldehydes is 1. The van der Waals surface area contributed by atoms with Crippen molar-refractivity contribution in [3.63, 3.8) is 0 Å². The van der Waals surface area contributed by atoms with Crippen molar-refractivity contribution in [1.29, 1.82) is 0 Å². The van der Waals surface area contributed by atoms with E-state index in [4.69, 9.17) is 14.2 Å². The van der Waals surface area contributed by atoms with Crippen molar-refractivity contribution in [2.75, 3.05) is 33.9 Å². The number of carbonyl (C=O) groups excluding carboxylic acids is 4. The second-order valence-corrected chi connectivity index (χ2v) is 10.7. The first-order valence-corrected chi connectivity index (χ1v) is 13.0. The fourth-order valence-corrected chi connectivity index (χ4v) is 6.71. The summed E-state index contributed by atoms with van der Waals surface area (Å²) in [5.74, 6) is -2.36. The monoisotopic (exact) mass is 541 g/mol. The SMILES string of the molecule is C=CCN(/C=C(/C=O)C1=C(O)C(=O)C2=C(C(OC(C)=O)C[C@]3(C)C(=O)CCC23)[C@@]1(C)C(COC)OC)CC=C. The maximum Gasteiger partial charge on any atom is 0.303 e. The normalized spacial score (nSPS) is 29.5. The Kier molecular flexibility index (Phi) is 9.18. The van der Waals surface area contributed by atoms with E-state index >= 15 is 0 Å². The number of aliphatic hydroxyl groups is 1. The van der Waals surface area contributed by atoms with Crippen molar-refractivity contribution in [3.8, 4) is 0 Å². The van der Waals surface area contributed by atoms with Crippen LogP contribution in [0.1, 0.15) is 40.0 Å². The highest BCUT2D eigenvalue weighted by molar-refractivity contribution is 6.12. The van der Waals surface area contributed by atoms with Crippen LogP contribution in [0.4, 0.5) is 0 Å². The second-order valence-electron chi connectivity index (χ2n) is 10.7. The minimum Gasteiger partial charge on any atom is -0.504 e. The van der Waals surface area contributed by atoms with Gasteiger partial charge in [-0.15, -0.1) is 13.2 Å². The molecule has 0 aromatic carbocycles. The van der Waals surface area contributed by atoms with Crippen LogP contribution >= 0.6 is 0 Å². The first-order chi connectivity index (χ1) is 18.5. The Labute approximate surface area is 229 Å². The summed E-state index contributed by atoms with van der Waals surface area (Å²) in [5.41, 5.74) is -1.50. The molecule has 3 unspecified atom stereocenters. The number of ether oxygens (including phenoxy) is 3.